The van der Waals surface area contributed by atoms with E-state index in [1.165, 1.54) is 0 Å². The minimum atomic E-state index is 0.403. The van der Waals surface area contributed by atoms with Crippen molar-refractivity contribution in [1.82, 2.24) is 0 Å². The number of rotatable bonds is 1. The van der Waals surface area contributed by atoms with Gasteiger partial charge >= 0.3 is 0 Å². The van der Waals surface area contributed by atoms with Gasteiger partial charge in [-0.3, -0.25) is 0 Å². The zero-order valence-corrected chi connectivity index (χ0v) is 7.20. The number of nitroso groups, excluding NO2 is 1. The summed E-state index contributed by atoms with van der Waals surface area (Å²) in [4.78, 5) is 10.1. The molecule has 0 aliphatic carbocycles. The summed E-state index contributed by atoms with van der Waals surface area (Å²) in [6, 6.07) is 5.04. The molecule has 10 heavy (non-hydrogen) atoms. The van der Waals surface area contributed by atoms with Gasteiger partial charge in [0.25, 0.3) is 0 Å². The molecule has 0 saturated carbocycles. The summed E-state index contributed by atoms with van der Waals surface area (Å²) in [5, 5.41) is 2.79. The van der Waals surface area contributed by atoms with Crippen molar-refractivity contribution in [3.8, 4) is 0 Å². The standard InChI is InChI=1S/C6H5IN2O/c7-5-2-1-4(8)3-6(5)9-10/h1-3H,8H2. The van der Waals surface area contributed by atoms with Crippen molar-refractivity contribution in [2.45, 2.75) is 0 Å². The van der Waals surface area contributed by atoms with Crippen LogP contribution in [-0.4, -0.2) is 0 Å². The van der Waals surface area contributed by atoms with Crippen LogP contribution in [0.1, 0.15) is 0 Å². The predicted octanol–water partition coefficient (Wildman–Crippen LogP) is 2.27. The highest BCUT2D eigenvalue weighted by Crippen LogP contribution is 2.22. The molecule has 0 radical (unpaired) electrons. The summed E-state index contributed by atoms with van der Waals surface area (Å²) in [6.45, 7) is 0. The van der Waals surface area contributed by atoms with Crippen LogP contribution in [-0.2, 0) is 0 Å². The number of halogens is 1. The first-order valence-corrected chi connectivity index (χ1v) is 3.70. The molecular formula is C6H5IN2O. The maximum absolute atomic E-state index is 10.1. The second-order valence-electron chi connectivity index (χ2n) is 1.80. The van der Waals surface area contributed by atoms with Crippen molar-refractivity contribution in [3.05, 3.63) is 26.7 Å². The third kappa shape index (κ3) is 1.44. The molecule has 0 aliphatic rings. The summed E-state index contributed by atoms with van der Waals surface area (Å²) < 4.78 is 0.821. The summed E-state index contributed by atoms with van der Waals surface area (Å²) in [5.74, 6) is 0. The fourth-order valence-corrected chi connectivity index (χ4v) is 1.03. The van der Waals surface area contributed by atoms with Crippen molar-refractivity contribution < 1.29 is 0 Å². The van der Waals surface area contributed by atoms with E-state index >= 15 is 0 Å². The third-order valence-electron chi connectivity index (χ3n) is 1.07. The zero-order valence-electron chi connectivity index (χ0n) is 5.04. The molecule has 1 aromatic rings. The maximum Gasteiger partial charge on any atom is 0.123 e. The highest BCUT2D eigenvalue weighted by Gasteiger charge is 1.97. The van der Waals surface area contributed by atoms with Crippen LogP contribution in [0, 0.1) is 8.48 Å². The highest BCUT2D eigenvalue weighted by molar-refractivity contribution is 14.1. The van der Waals surface area contributed by atoms with E-state index in [1.54, 1.807) is 18.2 Å². The Labute approximate surface area is 71.7 Å². The lowest BCUT2D eigenvalue weighted by Crippen LogP contribution is -1.83. The van der Waals surface area contributed by atoms with Crippen LogP contribution in [0.5, 0.6) is 0 Å². The van der Waals surface area contributed by atoms with Gasteiger partial charge in [-0.1, -0.05) is 0 Å². The monoisotopic (exact) mass is 248 g/mol. The molecule has 0 heterocycles. The maximum atomic E-state index is 10.1. The molecule has 0 aliphatic heterocycles. The first kappa shape index (κ1) is 7.46. The van der Waals surface area contributed by atoms with Crippen LogP contribution >= 0.6 is 22.6 Å². The highest BCUT2D eigenvalue weighted by atomic mass is 127. The average molecular weight is 248 g/mol. The van der Waals surface area contributed by atoms with Crippen molar-refractivity contribution >= 4 is 34.0 Å². The molecule has 0 bridgehead atoms. The van der Waals surface area contributed by atoms with Gasteiger partial charge < -0.3 is 5.73 Å². The fraction of sp³-hybridized carbons (Fsp3) is 0. The van der Waals surface area contributed by atoms with Gasteiger partial charge in [-0.05, 0) is 46.0 Å². The first-order chi connectivity index (χ1) is 4.74. The molecule has 52 valence electrons. The predicted molar refractivity (Wildman–Crippen MR) is 49.0 cm³/mol. The normalized spacial score (nSPS) is 9.30. The summed E-state index contributed by atoms with van der Waals surface area (Å²) in [6.07, 6.45) is 0. The van der Waals surface area contributed by atoms with Crippen molar-refractivity contribution in [1.29, 1.82) is 0 Å². The Hall–Kier alpha value is -0.650. The van der Waals surface area contributed by atoms with Crippen LogP contribution < -0.4 is 5.73 Å². The van der Waals surface area contributed by atoms with Gasteiger partial charge in [0.15, 0.2) is 0 Å². The Morgan fingerprint density at radius 3 is 2.70 bits per heavy atom. The second kappa shape index (κ2) is 2.96. The van der Waals surface area contributed by atoms with Gasteiger partial charge in [-0.25, -0.2) is 0 Å². The molecule has 0 aromatic heterocycles. The zero-order chi connectivity index (χ0) is 7.56. The molecule has 0 spiro atoms. The Morgan fingerprint density at radius 1 is 1.50 bits per heavy atom. The number of nitrogens with two attached hydrogens (primary N) is 1. The lowest BCUT2D eigenvalue weighted by atomic mass is 10.3. The topological polar surface area (TPSA) is 55.4 Å². The number of nitrogen functional groups attached to an aromatic ring is 1. The van der Waals surface area contributed by atoms with E-state index in [-0.39, 0.29) is 0 Å². The molecule has 0 atom stereocenters. The Balaban J connectivity index is 3.21. The van der Waals surface area contributed by atoms with Crippen LogP contribution in [0.25, 0.3) is 0 Å². The van der Waals surface area contributed by atoms with Crippen molar-refractivity contribution in [2.24, 2.45) is 5.18 Å². The van der Waals surface area contributed by atoms with Gasteiger partial charge in [0.1, 0.15) is 5.69 Å². The quantitative estimate of drug-likeness (QED) is 0.470. The van der Waals surface area contributed by atoms with Crippen LogP contribution in [0.4, 0.5) is 11.4 Å². The Bertz CT molecular complexity index is 262. The SMILES string of the molecule is Nc1ccc(I)c(N=O)c1. The molecule has 1 aromatic carbocycles. The van der Waals surface area contributed by atoms with Crippen LogP contribution in [0.3, 0.4) is 0 Å². The molecule has 1 rings (SSSR count). The molecule has 0 fully saturated rings. The summed E-state index contributed by atoms with van der Waals surface area (Å²) in [5.41, 5.74) is 6.37. The smallest absolute Gasteiger partial charge is 0.123 e. The lowest BCUT2D eigenvalue weighted by molar-refractivity contribution is 1.47. The van der Waals surface area contributed by atoms with Crippen LogP contribution in [0.2, 0.25) is 0 Å². The largest absolute Gasteiger partial charge is 0.399 e. The van der Waals surface area contributed by atoms with E-state index in [9.17, 15) is 4.91 Å². The minimum absolute atomic E-state index is 0.403. The van der Waals surface area contributed by atoms with Crippen molar-refractivity contribution in [3.63, 3.8) is 0 Å². The second-order valence-corrected chi connectivity index (χ2v) is 2.96. The molecule has 0 unspecified atom stereocenters. The van der Waals surface area contributed by atoms with Crippen molar-refractivity contribution in [2.75, 3.05) is 5.73 Å². The summed E-state index contributed by atoms with van der Waals surface area (Å²) >= 11 is 2.03. The van der Waals surface area contributed by atoms with E-state index in [0.29, 0.717) is 11.4 Å². The van der Waals surface area contributed by atoms with Gasteiger partial charge in [-0.15, -0.1) is 4.91 Å². The van der Waals surface area contributed by atoms with Gasteiger partial charge in [0, 0.05) is 9.26 Å². The van der Waals surface area contributed by atoms with E-state index < -0.39 is 0 Å². The van der Waals surface area contributed by atoms with Crippen LogP contribution in [0.15, 0.2) is 23.4 Å². The average Bonchev–Trinajstić information content (AvgIpc) is 1.94. The minimum Gasteiger partial charge on any atom is -0.399 e. The first-order valence-electron chi connectivity index (χ1n) is 2.62. The molecular weight excluding hydrogens is 243 g/mol. The molecule has 2 N–H and O–H groups in total. The lowest BCUT2D eigenvalue weighted by Gasteiger charge is -1.94. The molecule has 0 saturated heterocycles. The van der Waals surface area contributed by atoms with Gasteiger partial charge in [0.2, 0.25) is 0 Å². The molecule has 0 amide bonds. The third-order valence-corrected chi connectivity index (χ3v) is 1.98. The number of nitrogens with zero attached hydrogens (tertiary/aromatic N) is 1. The van der Waals surface area contributed by atoms with E-state index in [4.69, 9.17) is 5.73 Å². The van der Waals surface area contributed by atoms with Gasteiger partial charge in [-0.2, -0.15) is 0 Å². The Morgan fingerprint density at radius 2 is 2.20 bits per heavy atom. The number of benzene rings is 1. The number of hydrogen-bond donors (Lipinski definition) is 1. The Kier molecular flexibility index (Phi) is 2.21. The van der Waals surface area contributed by atoms with Gasteiger partial charge in [0.05, 0.1) is 0 Å². The fourth-order valence-electron chi connectivity index (χ4n) is 0.600. The van der Waals surface area contributed by atoms with E-state index in [0.717, 1.165) is 3.57 Å². The number of hydrogen-bond acceptors (Lipinski definition) is 3. The van der Waals surface area contributed by atoms with E-state index in [2.05, 4.69) is 5.18 Å². The summed E-state index contributed by atoms with van der Waals surface area (Å²) in [7, 11) is 0. The number of anilines is 1. The molecule has 4 heteroatoms. The van der Waals surface area contributed by atoms with E-state index in [1.807, 2.05) is 22.6 Å². The molecule has 3 nitrogen and oxygen atoms in total.